The molecule has 0 saturated carbocycles. The summed E-state index contributed by atoms with van der Waals surface area (Å²) in [5.74, 6) is 0.434. The molecule has 5 rings (SSSR count). The number of rotatable bonds is 8. The third-order valence-corrected chi connectivity index (χ3v) is 5.58. The van der Waals surface area contributed by atoms with E-state index in [4.69, 9.17) is 4.74 Å². The van der Waals surface area contributed by atoms with Crippen molar-refractivity contribution in [1.29, 1.82) is 0 Å². The van der Waals surface area contributed by atoms with Crippen molar-refractivity contribution >= 4 is 16.9 Å². The van der Waals surface area contributed by atoms with E-state index in [2.05, 4.69) is 15.4 Å². The Morgan fingerprint density at radius 2 is 1.81 bits per heavy atom. The molecule has 180 valence electrons. The Morgan fingerprint density at radius 1 is 1.00 bits per heavy atom. The maximum Gasteiger partial charge on any atom is 0.264 e. The molecule has 1 N–H and O–H groups in total. The van der Waals surface area contributed by atoms with Crippen LogP contribution in [0.5, 0.6) is 11.5 Å². The van der Waals surface area contributed by atoms with Gasteiger partial charge in [0, 0.05) is 6.54 Å². The average Bonchev–Trinajstić information content (AvgIpc) is 3.30. The number of para-hydroxylation sites is 2. The largest absolute Gasteiger partial charge is 0.457 e. The molecule has 0 aliphatic rings. The number of fused-ring (bicyclic) bond motifs is 1. The number of aromatic nitrogens is 4. The van der Waals surface area contributed by atoms with Crippen LogP contribution < -0.4 is 15.6 Å². The van der Waals surface area contributed by atoms with E-state index in [-0.39, 0.29) is 30.4 Å². The number of hydrogen-bond donors (Lipinski definition) is 1. The Hall–Kier alpha value is -4.79. The van der Waals surface area contributed by atoms with Crippen molar-refractivity contribution in [3.05, 3.63) is 119 Å². The van der Waals surface area contributed by atoms with Gasteiger partial charge < -0.3 is 10.1 Å². The van der Waals surface area contributed by atoms with Crippen LogP contribution in [-0.2, 0) is 13.1 Å². The van der Waals surface area contributed by atoms with Gasteiger partial charge in [-0.05, 0) is 42.0 Å². The molecule has 36 heavy (non-hydrogen) atoms. The first-order valence-electron chi connectivity index (χ1n) is 11.3. The molecular formula is C27H22FN5O3. The third kappa shape index (κ3) is 5.00. The Kier molecular flexibility index (Phi) is 6.53. The average molecular weight is 484 g/mol. The minimum atomic E-state index is -0.362. The van der Waals surface area contributed by atoms with E-state index in [1.807, 2.05) is 30.3 Å². The summed E-state index contributed by atoms with van der Waals surface area (Å²) in [6.07, 6.45) is 2.88. The summed E-state index contributed by atoms with van der Waals surface area (Å²) in [7, 11) is 0. The molecule has 1 amide bonds. The topological polar surface area (TPSA) is 91.0 Å². The smallest absolute Gasteiger partial charge is 0.264 e. The molecule has 0 bridgehead atoms. The summed E-state index contributed by atoms with van der Waals surface area (Å²) in [5, 5.41) is 7.48. The van der Waals surface area contributed by atoms with Crippen molar-refractivity contribution in [3.63, 3.8) is 0 Å². The van der Waals surface area contributed by atoms with Gasteiger partial charge in [0.1, 0.15) is 29.0 Å². The van der Waals surface area contributed by atoms with Crippen LogP contribution in [-0.4, -0.2) is 31.8 Å². The summed E-state index contributed by atoms with van der Waals surface area (Å²) < 4.78 is 22.3. The first kappa shape index (κ1) is 23.0. The zero-order valence-electron chi connectivity index (χ0n) is 19.2. The monoisotopic (exact) mass is 483 g/mol. The van der Waals surface area contributed by atoms with Crippen LogP contribution in [0.25, 0.3) is 11.0 Å². The van der Waals surface area contributed by atoms with Crippen molar-refractivity contribution in [2.24, 2.45) is 0 Å². The fourth-order valence-electron chi connectivity index (χ4n) is 3.84. The van der Waals surface area contributed by atoms with E-state index in [0.717, 1.165) is 0 Å². The Labute approximate surface area is 205 Å². The molecule has 0 saturated heterocycles. The molecule has 2 aromatic heterocycles. The number of nitrogens with one attached hydrogen (secondary N) is 1. The lowest BCUT2D eigenvalue weighted by atomic mass is 10.2. The summed E-state index contributed by atoms with van der Waals surface area (Å²) in [6.45, 7) is 0.784. The molecule has 9 heteroatoms. The highest BCUT2D eigenvalue weighted by molar-refractivity contribution is 5.97. The van der Waals surface area contributed by atoms with Gasteiger partial charge in [-0.3, -0.25) is 14.2 Å². The number of nitrogens with zero attached hydrogens (tertiary/aromatic N) is 4. The predicted octanol–water partition coefficient (Wildman–Crippen LogP) is 4.00. The summed E-state index contributed by atoms with van der Waals surface area (Å²) >= 11 is 0. The molecule has 0 radical (unpaired) electrons. The first-order chi connectivity index (χ1) is 17.6. The Morgan fingerprint density at radius 3 is 2.64 bits per heavy atom. The first-order valence-corrected chi connectivity index (χ1v) is 11.3. The summed E-state index contributed by atoms with van der Waals surface area (Å²) in [6, 6.07) is 22.3. The van der Waals surface area contributed by atoms with Crippen LogP contribution in [0.2, 0.25) is 0 Å². The lowest BCUT2D eigenvalue weighted by molar-refractivity contribution is 0.0949. The second-order valence-corrected chi connectivity index (χ2v) is 8.08. The number of ether oxygens (including phenoxy) is 1. The van der Waals surface area contributed by atoms with Gasteiger partial charge in [-0.25, -0.2) is 14.1 Å². The molecule has 8 nitrogen and oxygen atoms in total. The molecule has 2 heterocycles. The van der Waals surface area contributed by atoms with Gasteiger partial charge in [0.15, 0.2) is 5.65 Å². The minimum absolute atomic E-state index is 0.200. The Bertz CT molecular complexity index is 1580. The van der Waals surface area contributed by atoms with Crippen molar-refractivity contribution in [2.75, 3.05) is 6.54 Å². The molecule has 0 atom stereocenters. The van der Waals surface area contributed by atoms with Crippen LogP contribution in [0.3, 0.4) is 0 Å². The van der Waals surface area contributed by atoms with Gasteiger partial charge in [-0.1, -0.05) is 42.5 Å². The summed E-state index contributed by atoms with van der Waals surface area (Å²) in [5.41, 5.74) is 1.21. The number of carbonyl (C=O) groups excluding carboxylic acids is 1. The van der Waals surface area contributed by atoms with Crippen LogP contribution in [0, 0.1) is 5.82 Å². The zero-order valence-corrected chi connectivity index (χ0v) is 19.2. The molecule has 0 unspecified atom stereocenters. The molecular weight excluding hydrogens is 461 g/mol. The van der Waals surface area contributed by atoms with Crippen LogP contribution in [0.15, 0.2) is 96.2 Å². The van der Waals surface area contributed by atoms with Crippen molar-refractivity contribution in [1.82, 2.24) is 24.6 Å². The maximum absolute atomic E-state index is 13.5. The van der Waals surface area contributed by atoms with Crippen molar-refractivity contribution in [3.8, 4) is 11.5 Å². The van der Waals surface area contributed by atoms with E-state index in [1.54, 1.807) is 41.1 Å². The minimum Gasteiger partial charge on any atom is -0.457 e. The highest BCUT2D eigenvalue weighted by Gasteiger charge is 2.14. The van der Waals surface area contributed by atoms with Gasteiger partial charge in [-0.15, -0.1) is 0 Å². The van der Waals surface area contributed by atoms with Gasteiger partial charge in [0.2, 0.25) is 0 Å². The highest BCUT2D eigenvalue weighted by Crippen LogP contribution is 2.24. The predicted molar refractivity (Wildman–Crippen MR) is 133 cm³/mol. The molecule has 0 aliphatic carbocycles. The van der Waals surface area contributed by atoms with E-state index in [1.165, 1.54) is 29.2 Å². The van der Waals surface area contributed by atoms with E-state index >= 15 is 0 Å². The van der Waals surface area contributed by atoms with E-state index in [9.17, 15) is 14.0 Å². The van der Waals surface area contributed by atoms with Gasteiger partial charge in [0.25, 0.3) is 11.5 Å². The van der Waals surface area contributed by atoms with Crippen molar-refractivity contribution < 1.29 is 13.9 Å². The lowest BCUT2D eigenvalue weighted by Crippen LogP contribution is -2.28. The third-order valence-electron chi connectivity index (χ3n) is 5.58. The highest BCUT2D eigenvalue weighted by atomic mass is 19.1. The van der Waals surface area contributed by atoms with Gasteiger partial charge in [-0.2, -0.15) is 5.10 Å². The SMILES string of the molecule is O=C(NCCn1ncc2c(=O)n(Cc3cccc(F)c3)cnc21)c1ccccc1Oc1ccccc1. The summed E-state index contributed by atoms with van der Waals surface area (Å²) in [4.78, 5) is 30.1. The standard InChI is InChI=1S/C27H22FN5O3/c28-20-8-6-7-19(15-20)17-32-18-30-25-23(27(32)35)16-31-33(25)14-13-29-26(34)22-11-4-5-12-24(22)36-21-9-2-1-3-10-21/h1-12,15-16,18H,13-14,17H2,(H,29,34). The fourth-order valence-corrected chi connectivity index (χ4v) is 3.84. The number of carbonyl (C=O) groups is 1. The number of halogens is 1. The number of benzene rings is 3. The normalized spacial score (nSPS) is 10.9. The number of amides is 1. The molecule has 5 aromatic rings. The Balaban J connectivity index is 1.26. The van der Waals surface area contributed by atoms with Crippen molar-refractivity contribution in [2.45, 2.75) is 13.1 Å². The van der Waals surface area contributed by atoms with Crippen LogP contribution in [0.1, 0.15) is 15.9 Å². The number of hydrogen-bond acceptors (Lipinski definition) is 5. The molecule has 0 fully saturated rings. The lowest BCUT2D eigenvalue weighted by Gasteiger charge is -2.11. The fraction of sp³-hybridized carbons (Fsp3) is 0.111. The zero-order chi connectivity index (χ0) is 24.9. The molecule has 3 aromatic carbocycles. The van der Waals surface area contributed by atoms with Gasteiger partial charge >= 0.3 is 0 Å². The van der Waals surface area contributed by atoms with Gasteiger partial charge in [0.05, 0.1) is 24.8 Å². The quantitative estimate of drug-likeness (QED) is 0.360. The van der Waals surface area contributed by atoms with Crippen LogP contribution >= 0.6 is 0 Å². The van der Waals surface area contributed by atoms with E-state index in [0.29, 0.717) is 40.2 Å². The second-order valence-electron chi connectivity index (χ2n) is 8.08. The maximum atomic E-state index is 13.5. The second kappa shape index (κ2) is 10.2. The van der Waals surface area contributed by atoms with Crippen LogP contribution in [0.4, 0.5) is 4.39 Å². The molecule has 0 aliphatic heterocycles. The van der Waals surface area contributed by atoms with E-state index < -0.39 is 0 Å². The molecule has 0 spiro atoms.